The lowest BCUT2D eigenvalue weighted by molar-refractivity contribution is 0.251. The van der Waals surface area contributed by atoms with E-state index in [1.165, 1.54) is 11.3 Å². The van der Waals surface area contributed by atoms with Crippen LogP contribution in [0.2, 0.25) is 0 Å². The predicted molar refractivity (Wildman–Crippen MR) is 128 cm³/mol. The van der Waals surface area contributed by atoms with Gasteiger partial charge in [-0.05, 0) is 35.4 Å². The number of amides is 2. The van der Waals surface area contributed by atoms with Crippen LogP contribution in [0.3, 0.4) is 0 Å². The van der Waals surface area contributed by atoms with Crippen molar-refractivity contribution in [3.63, 3.8) is 0 Å². The number of carbonyl (C=O) groups excluding carboxylic acids is 1. The maximum Gasteiger partial charge on any atom is 0.321 e. The molecule has 0 aliphatic rings. The Hall–Kier alpha value is -2.42. The second-order valence-corrected chi connectivity index (χ2v) is 9.16. The summed E-state index contributed by atoms with van der Waals surface area (Å²) in [7, 11) is 0. The molecule has 5 N–H and O–H groups in total. The first-order valence-electron chi connectivity index (χ1n) is 9.68. The molecule has 8 heteroatoms. The van der Waals surface area contributed by atoms with Crippen LogP contribution < -0.4 is 21.7 Å². The van der Waals surface area contributed by atoms with Crippen molar-refractivity contribution in [1.29, 1.82) is 0 Å². The second-order valence-electron chi connectivity index (χ2n) is 7.39. The van der Waals surface area contributed by atoms with Crippen LogP contribution in [0.5, 0.6) is 0 Å². The second kappa shape index (κ2) is 10.1. The lowest BCUT2D eigenvalue weighted by Gasteiger charge is -2.23. The Labute approximate surface area is 189 Å². The SMILES string of the molecule is CC(C)(c1ccc(Br)cc1)c1csc(NC(=O)NCc2ccc(NCCN)cc2)n1. The fraction of sp³-hybridized carbons (Fsp3) is 0.273. The summed E-state index contributed by atoms with van der Waals surface area (Å²) in [5.74, 6) is 0. The number of rotatable bonds is 8. The summed E-state index contributed by atoms with van der Waals surface area (Å²) in [6, 6.07) is 15.8. The smallest absolute Gasteiger partial charge is 0.321 e. The van der Waals surface area contributed by atoms with Gasteiger partial charge in [-0.3, -0.25) is 5.32 Å². The van der Waals surface area contributed by atoms with E-state index < -0.39 is 0 Å². The number of halogens is 1. The zero-order valence-corrected chi connectivity index (χ0v) is 19.4. The van der Waals surface area contributed by atoms with Gasteiger partial charge in [0, 0.05) is 40.6 Å². The van der Waals surface area contributed by atoms with E-state index in [4.69, 9.17) is 5.73 Å². The van der Waals surface area contributed by atoms with Gasteiger partial charge >= 0.3 is 6.03 Å². The molecule has 0 spiro atoms. The highest BCUT2D eigenvalue weighted by Crippen LogP contribution is 2.33. The molecule has 0 bridgehead atoms. The summed E-state index contributed by atoms with van der Waals surface area (Å²) in [5, 5.41) is 11.5. The summed E-state index contributed by atoms with van der Waals surface area (Å²) < 4.78 is 1.04. The predicted octanol–water partition coefficient (Wildman–Crippen LogP) is 4.92. The van der Waals surface area contributed by atoms with Gasteiger partial charge in [0.15, 0.2) is 5.13 Å². The number of carbonyl (C=O) groups is 1. The monoisotopic (exact) mass is 487 g/mol. The number of urea groups is 1. The van der Waals surface area contributed by atoms with Crippen LogP contribution in [0, 0.1) is 0 Å². The molecule has 0 radical (unpaired) electrons. The van der Waals surface area contributed by atoms with Gasteiger partial charge in [0.25, 0.3) is 0 Å². The fourth-order valence-corrected chi connectivity index (χ4v) is 4.05. The average Bonchev–Trinajstić information content (AvgIpc) is 3.21. The van der Waals surface area contributed by atoms with Gasteiger partial charge in [0.2, 0.25) is 0 Å². The minimum Gasteiger partial charge on any atom is -0.384 e. The number of hydrogen-bond donors (Lipinski definition) is 4. The first kappa shape index (κ1) is 22.3. The molecule has 158 valence electrons. The Morgan fingerprint density at radius 3 is 2.50 bits per heavy atom. The number of thiazole rings is 1. The molecule has 2 aromatic carbocycles. The number of benzene rings is 2. The van der Waals surface area contributed by atoms with Crippen LogP contribution >= 0.6 is 27.3 Å². The Balaban J connectivity index is 1.55. The average molecular weight is 488 g/mol. The third kappa shape index (κ3) is 5.81. The highest BCUT2D eigenvalue weighted by atomic mass is 79.9. The van der Waals surface area contributed by atoms with Crippen molar-refractivity contribution < 1.29 is 4.79 Å². The van der Waals surface area contributed by atoms with E-state index in [0.29, 0.717) is 18.2 Å². The Bertz CT molecular complexity index is 970. The number of nitrogens with zero attached hydrogens (tertiary/aromatic N) is 1. The molecule has 0 atom stereocenters. The van der Waals surface area contributed by atoms with Crippen molar-refractivity contribution in [1.82, 2.24) is 10.3 Å². The van der Waals surface area contributed by atoms with Crippen molar-refractivity contribution in [3.8, 4) is 0 Å². The van der Waals surface area contributed by atoms with Gasteiger partial charge in [0.05, 0.1) is 5.69 Å². The highest BCUT2D eigenvalue weighted by Gasteiger charge is 2.26. The number of hydrogen-bond acceptors (Lipinski definition) is 5. The molecule has 0 aliphatic heterocycles. The van der Waals surface area contributed by atoms with Gasteiger partial charge in [0.1, 0.15) is 0 Å². The fourth-order valence-electron chi connectivity index (χ4n) is 2.91. The van der Waals surface area contributed by atoms with E-state index in [0.717, 1.165) is 33.5 Å². The van der Waals surface area contributed by atoms with Gasteiger partial charge in [-0.1, -0.05) is 54.0 Å². The third-order valence-corrected chi connectivity index (χ3v) is 6.10. The zero-order chi connectivity index (χ0) is 21.6. The molecule has 3 rings (SSSR count). The molecule has 6 nitrogen and oxygen atoms in total. The first-order valence-corrected chi connectivity index (χ1v) is 11.4. The molecule has 3 aromatic rings. The summed E-state index contributed by atoms with van der Waals surface area (Å²) in [6.45, 7) is 6.00. The van der Waals surface area contributed by atoms with E-state index in [2.05, 4.69) is 62.8 Å². The van der Waals surface area contributed by atoms with Crippen molar-refractivity contribution in [2.24, 2.45) is 5.73 Å². The van der Waals surface area contributed by atoms with E-state index in [-0.39, 0.29) is 11.4 Å². The van der Waals surface area contributed by atoms with Crippen LogP contribution in [-0.2, 0) is 12.0 Å². The summed E-state index contributed by atoms with van der Waals surface area (Å²) in [5.41, 5.74) is 9.34. The molecule has 30 heavy (non-hydrogen) atoms. The Kier molecular flexibility index (Phi) is 7.47. The van der Waals surface area contributed by atoms with Crippen LogP contribution in [0.4, 0.5) is 15.6 Å². The number of nitrogens with two attached hydrogens (primary N) is 1. The van der Waals surface area contributed by atoms with E-state index in [1.807, 2.05) is 41.8 Å². The molecular weight excluding hydrogens is 462 g/mol. The molecule has 0 saturated carbocycles. The molecular formula is C22H26BrN5OS. The van der Waals surface area contributed by atoms with Crippen molar-refractivity contribution in [2.75, 3.05) is 23.7 Å². The first-order chi connectivity index (χ1) is 14.4. The lowest BCUT2D eigenvalue weighted by Crippen LogP contribution is -2.28. The van der Waals surface area contributed by atoms with Gasteiger partial charge < -0.3 is 16.4 Å². The summed E-state index contributed by atoms with van der Waals surface area (Å²) >= 11 is 4.89. The molecule has 2 amide bonds. The van der Waals surface area contributed by atoms with Crippen LogP contribution in [0.15, 0.2) is 58.4 Å². The number of anilines is 2. The molecule has 0 fully saturated rings. The minimum absolute atomic E-state index is 0.257. The normalized spacial score (nSPS) is 11.2. The molecule has 0 aliphatic carbocycles. The minimum atomic E-state index is -0.275. The largest absolute Gasteiger partial charge is 0.384 e. The van der Waals surface area contributed by atoms with Gasteiger partial charge in [-0.2, -0.15) is 0 Å². The Morgan fingerprint density at radius 1 is 1.13 bits per heavy atom. The molecule has 0 unspecified atom stereocenters. The van der Waals surface area contributed by atoms with Crippen LogP contribution in [0.25, 0.3) is 0 Å². The standard InChI is InChI=1S/C22H26BrN5OS/c1-22(2,16-5-7-17(23)8-6-16)19-14-30-21(27-19)28-20(29)26-13-15-3-9-18(10-4-15)25-12-11-24/h3-10,14,25H,11-13,24H2,1-2H3,(H2,26,27,28,29). The molecule has 1 aromatic heterocycles. The quantitative estimate of drug-likeness (QED) is 0.362. The van der Waals surface area contributed by atoms with Crippen LogP contribution in [0.1, 0.15) is 30.7 Å². The number of nitrogens with one attached hydrogen (secondary N) is 3. The molecule has 0 saturated heterocycles. The zero-order valence-electron chi connectivity index (χ0n) is 17.0. The summed E-state index contributed by atoms with van der Waals surface area (Å²) in [6.07, 6.45) is 0. The van der Waals surface area contributed by atoms with Crippen molar-refractivity contribution in [2.45, 2.75) is 25.8 Å². The molecule has 1 heterocycles. The topological polar surface area (TPSA) is 92.1 Å². The maximum absolute atomic E-state index is 12.3. The van der Waals surface area contributed by atoms with E-state index in [9.17, 15) is 4.79 Å². The number of aromatic nitrogens is 1. The maximum atomic E-state index is 12.3. The summed E-state index contributed by atoms with van der Waals surface area (Å²) in [4.78, 5) is 16.9. The lowest BCUT2D eigenvalue weighted by atomic mass is 9.82. The highest BCUT2D eigenvalue weighted by molar-refractivity contribution is 9.10. The van der Waals surface area contributed by atoms with Crippen LogP contribution in [-0.4, -0.2) is 24.1 Å². The third-order valence-electron chi connectivity index (χ3n) is 4.81. The van der Waals surface area contributed by atoms with E-state index in [1.54, 1.807) is 0 Å². The Morgan fingerprint density at radius 2 is 1.83 bits per heavy atom. The van der Waals surface area contributed by atoms with Crippen molar-refractivity contribution in [3.05, 3.63) is 75.2 Å². The van der Waals surface area contributed by atoms with Crippen molar-refractivity contribution >= 4 is 44.1 Å². The van der Waals surface area contributed by atoms with Gasteiger partial charge in [-0.15, -0.1) is 11.3 Å². The van der Waals surface area contributed by atoms with Gasteiger partial charge in [-0.25, -0.2) is 9.78 Å². The van der Waals surface area contributed by atoms with E-state index >= 15 is 0 Å².